The van der Waals surface area contributed by atoms with Crippen LogP contribution in [0, 0.1) is 5.82 Å². The fourth-order valence-electron chi connectivity index (χ4n) is 2.70. The summed E-state index contributed by atoms with van der Waals surface area (Å²) in [6, 6.07) is 7.68. The van der Waals surface area contributed by atoms with Crippen molar-refractivity contribution in [1.82, 2.24) is 9.21 Å². The maximum Gasteiger partial charge on any atom is 0.243 e. The van der Waals surface area contributed by atoms with Crippen molar-refractivity contribution in [2.75, 3.05) is 32.7 Å². The maximum absolute atomic E-state index is 13.2. The molecule has 0 N–H and O–H groups in total. The van der Waals surface area contributed by atoms with Gasteiger partial charge in [0.1, 0.15) is 5.82 Å². The smallest absolute Gasteiger partial charge is 0.243 e. The van der Waals surface area contributed by atoms with E-state index in [1.54, 1.807) is 11.3 Å². The molecule has 0 radical (unpaired) electrons. The van der Waals surface area contributed by atoms with E-state index in [-0.39, 0.29) is 9.92 Å². The molecule has 1 fully saturated rings. The zero-order valence-corrected chi connectivity index (χ0v) is 15.4. The van der Waals surface area contributed by atoms with Gasteiger partial charge in [0.05, 0.1) is 9.92 Å². The first-order valence-electron chi connectivity index (χ1n) is 7.67. The minimum atomic E-state index is -3.63. The van der Waals surface area contributed by atoms with Gasteiger partial charge in [-0.3, -0.25) is 0 Å². The summed E-state index contributed by atoms with van der Waals surface area (Å²) in [5.41, 5.74) is 0. The van der Waals surface area contributed by atoms with E-state index >= 15 is 0 Å². The van der Waals surface area contributed by atoms with Gasteiger partial charge in [-0.15, -0.1) is 11.3 Å². The van der Waals surface area contributed by atoms with Crippen LogP contribution >= 0.6 is 22.9 Å². The van der Waals surface area contributed by atoms with Gasteiger partial charge >= 0.3 is 0 Å². The number of nitrogens with zero attached hydrogens (tertiary/aromatic N) is 2. The number of sulfonamides is 1. The molecule has 0 unspecified atom stereocenters. The van der Waals surface area contributed by atoms with Crippen LogP contribution in [0.1, 0.15) is 4.88 Å². The van der Waals surface area contributed by atoms with E-state index in [4.69, 9.17) is 11.6 Å². The lowest BCUT2D eigenvalue weighted by atomic mass is 10.3. The normalized spacial score (nSPS) is 17.2. The van der Waals surface area contributed by atoms with E-state index in [1.165, 1.54) is 21.3 Å². The quantitative estimate of drug-likeness (QED) is 0.790. The summed E-state index contributed by atoms with van der Waals surface area (Å²) in [6.07, 6.45) is 0.984. The van der Waals surface area contributed by atoms with Crippen LogP contribution in [0.4, 0.5) is 4.39 Å². The number of hydrogen-bond acceptors (Lipinski definition) is 4. The second-order valence-corrected chi connectivity index (χ2v) is 9.03. The van der Waals surface area contributed by atoms with E-state index in [0.717, 1.165) is 19.0 Å². The largest absolute Gasteiger partial charge is 0.300 e. The summed E-state index contributed by atoms with van der Waals surface area (Å²) >= 11 is 7.45. The van der Waals surface area contributed by atoms with E-state index in [0.29, 0.717) is 26.2 Å². The standard InChI is InChI=1S/C16H18ClFN2O2S2/c17-15-12-14(3-4-16(15)18)24(21,22)20-9-7-19(8-10-20)6-5-13-2-1-11-23-13/h1-4,11-12H,5-10H2. The van der Waals surface area contributed by atoms with Gasteiger partial charge in [0.2, 0.25) is 10.0 Å². The number of thiophene rings is 1. The average molecular weight is 389 g/mol. The molecule has 0 spiro atoms. The SMILES string of the molecule is O=S(=O)(c1ccc(F)c(Cl)c1)N1CCN(CCc2cccs2)CC1. The van der Waals surface area contributed by atoms with Crippen LogP contribution in [0.5, 0.6) is 0 Å². The summed E-state index contributed by atoms with van der Waals surface area (Å²) < 4.78 is 39.9. The molecule has 2 aromatic rings. The highest BCUT2D eigenvalue weighted by Crippen LogP contribution is 2.23. The molecule has 8 heteroatoms. The fraction of sp³-hybridized carbons (Fsp3) is 0.375. The second kappa shape index (κ2) is 7.49. The topological polar surface area (TPSA) is 40.6 Å². The predicted molar refractivity (Wildman–Crippen MR) is 94.6 cm³/mol. The van der Waals surface area contributed by atoms with Gasteiger partial charge in [0.15, 0.2) is 0 Å². The highest BCUT2D eigenvalue weighted by Gasteiger charge is 2.28. The number of piperazine rings is 1. The van der Waals surface area contributed by atoms with E-state index in [2.05, 4.69) is 16.3 Å². The lowest BCUT2D eigenvalue weighted by molar-refractivity contribution is 0.190. The lowest BCUT2D eigenvalue weighted by Crippen LogP contribution is -2.48. The number of halogens is 2. The molecule has 130 valence electrons. The van der Waals surface area contributed by atoms with Crippen molar-refractivity contribution in [3.05, 3.63) is 51.4 Å². The Labute approximate surface area is 150 Å². The number of rotatable bonds is 5. The third-order valence-corrected chi connectivity index (χ3v) is 7.24. The second-order valence-electron chi connectivity index (χ2n) is 5.65. The van der Waals surface area contributed by atoms with Crippen LogP contribution in [0.2, 0.25) is 5.02 Å². The molecule has 24 heavy (non-hydrogen) atoms. The average Bonchev–Trinajstić information content (AvgIpc) is 3.09. The molecular weight excluding hydrogens is 371 g/mol. The fourth-order valence-corrected chi connectivity index (χ4v) is 5.10. The molecule has 0 amide bonds. The Hall–Kier alpha value is -0.990. The molecule has 3 rings (SSSR count). The van der Waals surface area contributed by atoms with Crippen molar-refractivity contribution >= 4 is 33.0 Å². The van der Waals surface area contributed by atoms with Gasteiger partial charge in [0, 0.05) is 37.6 Å². The van der Waals surface area contributed by atoms with Gasteiger partial charge in [-0.05, 0) is 36.1 Å². The van der Waals surface area contributed by atoms with Crippen molar-refractivity contribution in [3.8, 4) is 0 Å². The van der Waals surface area contributed by atoms with Gasteiger partial charge in [0.25, 0.3) is 0 Å². The van der Waals surface area contributed by atoms with Gasteiger partial charge in [-0.25, -0.2) is 12.8 Å². The van der Waals surface area contributed by atoms with E-state index in [9.17, 15) is 12.8 Å². The van der Waals surface area contributed by atoms with Gasteiger partial charge < -0.3 is 4.90 Å². The van der Waals surface area contributed by atoms with E-state index in [1.807, 2.05) is 6.07 Å². The molecule has 0 atom stereocenters. The van der Waals surface area contributed by atoms with Crippen LogP contribution < -0.4 is 0 Å². The summed E-state index contributed by atoms with van der Waals surface area (Å²) in [5.74, 6) is -0.617. The summed E-state index contributed by atoms with van der Waals surface area (Å²) in [6.45, 7) is 3.18. The first-order chi connectivity index (χ1) is 11.5. The highest BCUT2D eigenvalue weighted by atomic mass is 35.5. The third-order valence-electron chi connectivity index (χ3n) is 4.11. The summed E-state index contributed by atoms with van der Waals surface area (Å²) in [4.78, 5) is 3.65. The highest BCUT2D eigenvalue weighted by molar-refractivity contribution is 7.89. The minimum absolute atomic E-state index is 0.0425. The molecule has 1 aliphatic rings. The van der Waals surface area contributed by atoms with Gasteiger partial charge in [-0.2, -0.15) is 4.31 Å². The van der Waals surface area contributed by atoms with Crippen molar-refractivity contribution in [1.29, 1.82) is 0 Å². The van der Waals surface area contributed by atoms with Crippen LogP contribution in [0.15, 0.2) is 40.6 Å². The van der Waals surface area contributed by atoms with Crippen molar-refractivity contribution in [3.63, 3.8) is 0 Å². The Morgan fingerprint density at radius 1 is 1.17 bits per heavy atom. The first-order valence-corrected chi connectivity index (χ1v) is 10.4. The van der Waals surface area contributed by atoms with Crippen molar-refractivity contribution in [2.24, 2.45) is 0 Å². The Morgan fingerprint density at radius 2 is 1.92 bits per heavy atom. The van der Waals surface area contributed by atoms with Gasteiger partial charge in [-0.1, -0.05) is 17.7 Å². The maximum atomic E-state index is 13.2. The zero-order valence-electron chi connectivity index (χ0n) is 13.0. The Balaban J connectivity index is 1.59. The van der Waals surface area contributed by atoms with Crippen molar-refractivity contribution in [2.45, 2.75) is 11.3 Å². The molecule has 2 heterocycles. The molecule has 1 aromatic carbocycles. The number of hydrogen-bond donors (Lipinski definition) is 0. The lowest BCUT2D eigenvalue weighted by Gasteiger charge is -2.33. The molecular formula is C16H18ClFN2O2S2. The molecule has 0 saturated carbocycles. The molecule has 1 aliphatic heterocycles. The summed E-state index contributed by atoms with van der Waals surface area (Å²) in [5, 5.41) is 1.89. The summed E-state index contributed by atoms with van der Waals surface area (Å²) in [7, 11) is -3.63. The monoisotopic (exact) mass is 388 g/mol. The Kier molecular flexibility index (Phi) is 5.56. The molecule has 1 saturated heterocycles. The van der Waals surface area contributed by atoms with Crippen LogP contribution in [0.25, 0.3) is 0 Å². The first kappa shape index (κ1) is 17.8. The van der Waals surface area contributed by atoms with Crippen LogP contribution in [-0.4, -0.2) is 50.3 Å². The zero-order chi connectivity index (χ0) is 17.2. The molecule has 0 aliphatic carbocycles. The van der Waals surface area contributed by atoms with Crippen LogP contribution in [-0.2, 0) is 16.4 Å². The molecule has 0 bridgehead atoms. The Bertz CT molecular complexity index is 788. The molecule has 1 aromatic heterocycles. The van der Waals surface area contributed by atoms with Crippen molar-refractivity contribution < 1.29 is 12.8 Å². The number of benzene rings is 1. The predicted octanol–water partition coefficient (Wildman–Crippen LogP) is 3.09. The van der Waals surface area contributed by atoms with Crippen LogP contribution in [0.3, 0.4) is 0 Å². The molecule has 4 nitrogen and oxygen atoms in total. The minimum Gasteiger partial charge on any atom is -0.300 e. The Morgan fingerprint density at radius 3 is 2.54 bits per heavy atom. The van der Waals surface area contributed by atoms with E-state index < -0.39 is 15.8 Å². The third kappa shape index (κ3) is 3.97.